The fraction of sp³-hybridized carbons (Fsp3) is 0.733. The summed E-state index contributed by atoms with van der Waals surface area (Å²) in [5.41, 5.74) is -0.586. The predicted octanol–water partition coefficient (Wildman–Crippen LogP) is 2.33. The summed E-state index contributed by atoms with van der Waals surface area (Å²) in [4.78, 5) is 24.5. The molecule has 0 N–H and O–H groups in total. The molecule has 106 valence electrons. The van der Waals surface area contributed by atoms with E-state index < -0.39 is 11.8 Å². The summed E-state index contributed by atoms with van der Waals surface area (Å²) in [5, 5.41) is 0. The van der Waals surface area contributed by atoms with Gasteiger partial charge in [0.1, 0.15) is 0 Å². The van der Waals surface area contributed by atoms with Crippen molar-refractivity contribution in [1.82, 2.24) is 0 Å². The monoisotopic (exact) mass is 266 g/mol. The highest BCUT2D eigenvalue weighted by atomic mass is 16.5. The number of carbonyl (C=O) groups excluding carboxylic acids is 2. The van der Waals surface area contributed by atoms with Crippen LogP contribution in [0.4, 0.5) is 0 Å². The molecule has 0 heterocycles. The molecule has 0 aliphatic heterocycles. The molecule has 19 heavy (non-hydrogen) atoms. The highest BCUT2D eigenvalue weighted by molar-refractivity contribution is 5.85. The lowest BCUT2D eigenvalue weighted by molar-refractivity contribution is -0.164. The third kappa shape index (κ3) is 2.07. The van der Waals surface area contributed by atoms with Crippen LogP contribution in [0.5, 0.6) is 0 Å². The molecule has 4 heteroatoms. The summed E-state index contributed by atoms with van der Waals surface area (Å²) in [7, 11) is 0. The largest absolute Gasteiger partial charge is 0.466 e. The van der Waals surface area contributed by atoms with Crippen LogP contribution in [0.15, 0.2) is 12.2 Å². The maximum atomic E-state index is 12.2. The summed E-state index contributed by atoms with van der Waals surface area (Å²) in [6, 6.07) is 0. The van der Waals surface area contributed by atoms with Gasteiger partial charge in [0.15, 0.2) is 0 Å². The minimum atomic E-state index is -0.429. The van der Waals surface area contributed by atoms with Crippen molar-refractivity contribution in [2.75, 3.05) is 13.2 Å². The molecule has 0 aromatic carbocycles. The summed E-state index contributed by atoms with van der Waals surface area (Å²) < 4.78 is 10.3. The lowest BCUT2D eigenvalue weighted by Crippen LogP contribution is -2.41. The van der Waals surface area contributed by atoms with Gasteiger partial charge in [-0.15, -0.1) is 0 Å². The lowest BCUT2D eigenvalue weighted by Gasteiger charge is -2.33. The van der Waals surface area contributed by atoms with Gasteiger partial charge in [0, 0.05) is 10.8 Å². The van der Waals surface area contributed by atoms with E-state index in [-0.39, 0.29) is 22.8 Å². The van der Waals surface area contributed by atoms with Gasteiger partial charge in [0.05, 0.1) is 25.0 Å². The van der Waals surface area contributed by atoms with Crippen LogP contribution in [0.1, 0.15) is 34.1 Å². The molecule has 2 rings (SSSR count). The molecule has 1 saturated carbocycles. The Morgan fingerprint density at radius 2 is 1.37 bits per heavy atom. The zero-order valence-corrected chi connectivity index (χ0v) is 12.1. The Morgan fingerprint density at radius 1 is 1.00 bits per heavy atom. The van der Waals surface area contributed by atoms with Gasteiger partial charge in [-0.1, -0.05) is 26.0 Å². The fourth-order valence-corrected chi connectivity index (χ4v) is 3.78. The Morgan fingerprint density at radius 3 is 1.68 bits per heavy atom. The van der Waals surface area contributed by atoms with E-state index in [0.717, 1.165) is 6.42 Å². The number of allylic oxidation sites excluding steroid dienone is 2. The van der Waals surface area contributed by atoms with Gasteiger partial charge in [0.25, 0.3) is 0 Å². The second-order valence-corrected chi connectivity index (χ2v) is 5.98. The van der Waals surface area contributed by atoms with Gasteiger partial charge in [-0.25, -0.2) is 0 Å². The van der Waals surface area contributed by atoms with Crippen molar-refractivity contribution in [3.8, 4) is 0 Å². The summed E-state index contributed by atoms with van der Waals surface area (Å²) >= 11 is 0. The number of hydrogen-bond donors (Lipinski definition) is 0. The van der Waals surface area contributed by atoms with Crippen molar-refractivity contribution in [2.45, 2.75) is 34.1 Å². The van der Waals surface area contributed by atoms with E-state index in [0.29, 0.717) is 13.2 Å². The molecule has 0 radical (unpaired) electrons. The third-order valence-electron chi connectivity index (χ3n) is 4.44. The van der Waals surface area contributed by atoms with Gasteiger partial charge in [0.2, 0.25) is 0 Å². The van der Waals surface area contributed by atoms with Gasteiger partial charge in [-0.2, -0.15) is 0 Å². The van der Waals surface area contributed by atoms with Crippen LogP contribution in [-0.4, -0.2) is 25.2 Å². The molecule has 2 aliphatic rings. The molecule has 4 unspecified atom stereocenters. The van der Waals surface area contributed by atoms with Gasteiger partial charge in [-0.3, -0.25) is 9.59 Å². The van der Waals surface area contributed by atoms with Crippen LogP contribution >= 0.6 is 0 Å². The Kier molecular flexibility index (Phi) is 3.45. The van der Waals surface area contributed by atoms with E-state index in [1.165, 1.54) is 0 Å². The van der Waals surface area contributed by atoms with Crippen molar-refractivity contribution < 1.29 is 19.1 Å². The number of hydrogen-bond acceptors (Lipinski definition) is 4. The maximum absolute atomic E-state index is 12.2. The second-order valence-electron chi connectivity index (χ2n) is 5.98. The topological polar surface area (TPSA) is 52.6 Å². The molecule has 0 saturated heterocycles. The molecule has 4 atom stereocenters. The first kappa shape index (κ1) is 14.1. The van der Waals surface area contributed by atoms with Gasteiger partial charge in [-0.05, 0) is 20.3 Å². The van der Waals surface area contributed by atoms with E-state index in [4.69, 9.17) is 9.47 Å². The van der Waals surface area contributed by atoms with Crippen LogP contribution in [0.3, 0.4) is 0 Å². The first-order valence-corrected chi connectivity index (χ1v) is 6.91. The number of carbonyl (C=O) groups is 2. The second kappa shape index (κ2) is 4.66. The maximum Gasteiger partial charge on any atom is 0.310 e. The number of esters is 2. The Labute approximate surface area is 114 Å². The Hall–Kier alpha value is -1.32. The molecule has 4 nitrogen and oxygen atoms in total. The van der Waals surface area contributed by atoms with Gasteiger partial charge < -0.3 is 9.47 Å². The zero-order valence-electron chi connectivity index (χ0n) is 12.1. The molecule has 0 aromatic heterocycles. The van der Waals surface area contributed by atoms with Crippen molar-refractivity contribution in [3.05, 3.63) is 12.2 Å². The van der Waals surface area contributed by atoms with E-state index in [9.17, 15) is 9.59 Å². The normalized spacial score (nSPS) is 39.4. The van der Waals surface area contributed by atoms with Crippen LogP contribution in [0.2, 0.25) is 0 Å². The minimum Gasteiger partial charge on any atom is -0.466 e. The lowest BCUT2D eigenvalue weighted by atomic mass is 9.71. The fourth-order valence-electron chi connectivity index (χ4n) is 3.78. The summed E-state index contributed by atoms with van der Waals surface area (Å²) in [6.07, 6.45) is 4.92. The summed E-state index contributed by atoms with van der Waals surface area (Å²) in [5.74, 6) is -1.42. The van der Waals surface area contributed by atoms with Gasteiger partial charge >= 0.3 is 11.9 Å². The van der Waals surface area contributed by atoms with Crippen molar-refractivity contribution in [2.24, 2.45) is 22.7 Å². The number of ether oxygens (including phenoxy) is 2. The van der Waals surface area contributed by atoms with E-state index >= 15 is 0 Å². The highest BCUT2D eigenvalue weighted by Gasteiger charge is 2.64. The molecule has 1 fully saturated rings. The Bertz CT molecular complexity index is 390. The van der Waals surface area contributed by atoms with Crippen LogP contribution in [0, 0.1) is 22.7 Å². The highest BCUT2D eigenvalue weighted by Crippen LogP contribution is 2.63. The molecule has 0 aromatic rings. The Balaban J connectivity index is 2.35. The van der Waals surface area contributed by atoms with Crippen molar-refractivity contribution in [1.29, 1.82) is 0 Å². The minimum absolute atomic E-state index is 0.281. The predicted molar refractivity (Wildman–Crippen MR) is 70.2 cm³/mol. The zero-order chi connectivity index (χ0) is 14.3. The molecule has 2 bridgehead atoms. The van der Waals surface area contributed by atoms with Crippen LogP contribution in [0.25, 0.3) is 0 Å². The standard InChI is InChI=1S/C15H22O4/c1-5-18-12(16)10-11(13(17)19-6-2)15(4)8-7-14(10,3)9-15/h7-8,10-11H,5-6,9H2,1-4H3. The first-order chi connectivity index (χ1) is 8.88. The molecule has 0 amide bonds. The number of fused-ring (bicyclic) bond motifs is 2. The molecular formula is C15H22O4. The smallest absolute Gasteiger partial charge is 0.310 e. The van der Waals surface area contributed by atoms with Crippen LogP contribution in [-0.2, 0) is 19.1 Å². The van der Waals surface area contributed by atoms with Crippen LogP contribution < -0.4 is 0 Å². The first-order valence-electron chi connectivity index (χ1n) is 6.91. The number of rotatable bonds is 4. The third-order valence-corrected chi connectivity index (χ3v) is 4.44. The van der Waals surface area contributed by atoms with Crippen molar-refractivity contribution >= 4 is 11.9 Å². The van der Waals surface area contributed by atoms with Crippen molar-refractivity contribution in [3.63, 3.8) is 0 Å². The quantitative estimate of drug-likeness (QED) is 0.579. The molecule has 2 aliphatic carbocycles. The average Bonchev–Trinajstić information content (AvgIpc) is 2.75. The van der Waals surface area contributed by atoms with E-state index in [2.05, 4.69) is 12.2 Å². The average molecular weight is 266 g/mol. The molecular weight excluding hydrogens is 244 g/mol. The van der Waals surface area contributed by atoms with E-state index in [1.54, 1.807) is 13.8 Å². The van der Waals surface area contributed by atoms with E-state index in [1.807, 2.05) is 13.8 Å². The SMILES string of the molecule is CCOC(=O)C1C(C(=O)OCC)C2(C)C=CC1(C)C2. The molecule has 0 spiro atoms. The summed E-state index contributed by atoms with van der Waals surface area (Å²) in [6.45, 7) is 8.28.